The molecule has 0 unspecified atom stereocenters. The molecule has 5 aromatic rings. The van der Waals surface area contributed by atoms with Gasteiger partial charge in [0.25, 0.3) is 5.91 Å². The fourth-order valence-electron chi connectivity index (χ4n) is 4.44. The summed E-state index contributed by atoms with van der Waals surface area (Å²) in [6.45, 7) is 0.0509. The second-order valence-corrected chi connectivity index (χ2v) is 9.94. The summed E-state index contributed by atoms with van der Waals surface area (Å²) >= 11 is 6.18. The number of fused-ring (bicyclic) bond motifs is 1. The SMILES string of the molecule is CN(C)c1ccc(NC(=O)[C@H](c2ccc(Cl)cc2)N(Cc2cccnc2)C(=O)Cn2nnc3ccccc32)cc1. The first-order valence-corrected chi connectivity index (χ1v) is 13.1. The molecule has 2 heterocycles. The summed E-state index contributed by atoms with van der Waals surface area (Å²) in [4.78, 5) is 35.7. The maximum Gasteiger partial charge on any atom is 0.251 e. The van der Waals surface area contributed by atoms with Gasteiger partial charge in [-0.2, -0.15) is 0 Å². The molecular formula is C30H28ClN7O2. The number of carbonyl (C=O) groups is 2. The quantitative estimate of drug-likeness (QED) is 0.277. The molecule has 0 aliphatic heterocycles. The third-order valence-corrected chi connectivity index (χ3v) is 6.75. The van der Waals surface area contributed by atoms with Crippen LogP contribution in [0.3, 0.4) is 0 Å². The molecule has 3 aromatic carbocycles. The highest BCUT2D eigenvalue weighted by Crippen LogP contribution is 2.28. The van der Waals surface area contributed by atoms with E-state index in [1.54, 1.807) is 52.3 Å². The van der Waals surface area contributed by atoms with Crippen molar-refractivity contribution >= 4 is 45.8 Å². The van der Waals surface area contributed by atoms with Gasteiger partial charge in [-0.05, 0) is 65.7 Å². The van der Waals surface area contributed by atoms with Gasteiger partial charge in [-0.15, -0.1) is 5.10 Å². The van der Waals surface area contributed by atoms with Crippen molar-refractivity contribution in [3.8, 4) is 0 Å². The van der Waals surface area contributed by atoms with E-state index in [9.17, 15) is 9.59 Å². The van der Waals surface area contributed by atoms with Gasteiger partial charge in [0.1, 0.15) is 18.1 Å². The smallest absolute Gasteiger partial charge is 0.251 e. The summed E-state index contributed by atoms with van der Waals surface area (Å²) < 4.78 is 1.55. The number of anilines is 2. The van der Waals surface area contributed by atoms with Gasteiger partial charge in [-0.1, -0.05) is 47.1 Å². The Balaban J connectivity index is 1.52. The summed E-state index contributed by atoms with van der Waals surface area (Å²) in [5.74, 6) is -0.668. The van der Waals surface area contributed by atoms with Crippen LogP contribution in [0.5, 0.6) is 0 Å². The average Bonchev–Trinajstić information content (AvgIpc) is 3.37. The minimum atomic E-state index is -0.965. The van der Waals surface area contributed by atoms with Crippen LogP contribution in [0.25, 0.3) is 11.0 Å². The highest BCUT2D eigenvalue weighted by molar-refractivity contribution is 6.30. The lowest BCUT2D eigenvalue weighted by Crippen LogP contribution is -2.42. The molecule has 0 fully saturated rings. The first-order chi connectivity index (χ1) is 19.4. The van der Waals surface area contributed by atoms with E-state index >= 15 is 0 Å². The van der Waals surface area contributed by atoms with Crippen molar-refractivity contribution in [1.82, 2.24) is 24.9 Å². The molecule has 0 saturated carbocycles. The number of nitrogens with one attached hydrogen (secondary N) is 1. The van der Waals surface area contributed by atoms with Crippen molar-refractivity contribution in [3.63, 3.8) is 0 Å². The van der Waals surface area contributed by atoms with Gasteiger partial charge in [0.2, 0.25) is 5.91 Å². The van der Waals surface area contributed by atoms with Crippen LogP contribution in [0.2, 0.25) is 5.02 Å². The Morgan fingerprint density at radius 1 is 0.950 bits per heavy atom. The molecule has 5 rings (SSSR count). The Hall–Kier alpha value is -4.76. The first-order valence-electron chi connectivity index (χ1n) is 12.7. The van der Waals surface area contributed by atoms with E-state index in [4.69, 9.17) is 11.6 Å². The predicted octanol–water partition coefficient (Wildman–Crippen LogP) is 4.95. The monoisotopic (exact) mass is 553 g/mol. The number of carbonyl (C=O) groups excluding carboxylic acids is 2. The van der Waals surface area contributed by atoms with Gasteiger partial charge >= 0.3 is 0 Å². The van der Waals surface area contributed by atoms with E-state index in [0.717, 1.165) is 16.8 Å². The minimum absolute atomic E-state index is 0.102. The van der Waals surface area contributed by atoms with E-state index in [1.165, 1.54) is 0 Å². The summed E-state index contributed by atoms with van der Waals surface area (Å²) in [7, 11) is 3.90. The lowest BCUT2D eigenvalue weighted by Gasteiger charge is -2.31. The van der Waals surface area contributed by atoms with Gasteiger partial charge in [0, 0.05) is 49.4 Å². The van der Waals surface area contributed by atoms with Crippen molar-refractivity contribution < 1.29 is 9.59 Å². The summed E-state index contributed by atoms with van der Waals surface area (Å²) in [5.41, 5.74) is 4.42. The van der Waals surface area contributed by atoms with Crippen LogP contribution in [0, 0.1) is 0 Å². The predicted molar refractivity (Wildman–Crippen MR) is 156 cm³/mol. The Morgan fingerprint density at radius 3 is 2.40 bits per heavy atom. The van der Waals surface area contributed by atoms with Crippen molar-refractivity contribution in [2.75, 3.05) is 24.3 Å². The molecular weight excluding hydrogens is 526 g/mol. The zero-order chi connectivity index (χ0) is 28.1. The topological polar surface area (TPSA) is 96.2 Å². The number of hydrogen-bond donors (Lipinski definition) is 1. The molecule has 2 aromatic heterocycles. The van der Waals surface area contributed by atoms with Crippen molar-refractivity contribution in [2.45, 2.75) is 19.1 Å². The Labute approximate surface area is 237 Å². The number of benzene rings is 3. The van der Waals surface area contributed by atoms with Crippen LogP contribution in [0.1, 0.15) is 17.2 Å². The zero-order valence-corrected chi connectivity index (χ0v) is 22.9. The average molecular weight is 554 g/mol. The summed E-state index contributed by atoms with van der Waals surface area (Å²) in [6, 6.07) is 24.6. The molecule has 0 aliphatic rings. The molecule has 9 nitrogen and oxygen atoms in total. The molecule has 40 heavy (non-hydrogen) atoms. The standard InChI is InChI=1S/C30H28ClN7O2/c1-36(2)25-15-13-24(14-16-25)33-30(40)29(22-9-11-23(31)12-10-22)37(19-21-6-5-17-32-18-21)28(39)20-38-27-8-4-3-7-26(27)34-35-38/h3-18,29H,19-20H2,1-2H3,(H,33,40)/t29-/m0/s1. The second-order valence-electron chi connectivity index (χ2n) is 9.50. The zero-order valence-electron chi connectivity index (χ0n) is 22.1. The van der Waals surface area contributed by atoms with E-state index in [-0.39, 0.29) is 24.9 Å². The first kappa shape index (κ1) is 26.8. The molecule has 2 amide bonds. The maximum absolute atomic E-state index is 14.0. The number of nitrogens with zero attached hydrogens (tertiary/aromatic N) is 6. The Morgan fingerprint density at radius 2 is 1.70 bits per heavy atom. The lowest BCUT2D eigenvalue weighted by atomic mass is 10.0. The van der Waals surface area contributed by atoms with Gasteiger partial charge < -0.3 is 15.1 Å². The Kier molecular flexibility index (Phi) is 8.02. The molecule has 0 bridgehead atoms. The second kappa shape index (κ2) is 12.0. The molecule has 0 saturated heterocycles. The molecule has 0 aliphatic carbocycles. The van der Waals surface area contributed by atoms with Crippen molar-refractivity contribution in [3.05, 3.63) is 113 Å². The van der Waals surface area contributed by atoms with Crippen LogP contribution < -0.4 is 10.2 Å². The molecule has 1 atom stereocenters. The summed E-state index contributed by atoms with van der Waals surface area (Å²) in [5, 5.41) is 11.9. The Bertz CT molecular complexity index is 1600. The molecule has 0 radical (unpaired) electrons. The van der Waals surface area contributed by atoms with Crippen LogP contribution >= 0.6 is 11.6 Å². The largest absolute Gasteiger partial charge is 0.378 e. The fraction of sp³-hybridized carbons (Fsp3) is 0.167. The minimum Gasteiger partial charge on any atom is -0.378 e. The van der Waals surface area contributed by atoms with Gasteiger partial charge in [-0.3, -0.25) is 14.6 Å². The fourth-order valence-corrected chi connectivity index (χ4v) is 4.56. The van der Waals surface area contributed by atoms with Crippen LogP contribution in [-0.2, 0) is 22.7 Å². The van der Waals surface area contributed by atoms with Crippen LogP contribution in [-0.4, -0.2) is 50.8 Å². The van der Waals surface area contributed by atoms with E-state index < -0.39 is 6.04 Å². The normalized spacial score (nSPS) is 11.7. The van der Waals surface area contributed by atoms with Crippen molar-refractivity contribution in [1.29, 1.82) is 0 Å². The van der Waals surface area contributed by atoms with Gasteiger partial charge in [-0.25, -0.2) is 4.68 Å². The van der Waals surface area contributed by atoms with Crippen LogP contribution in [0.4, 0.5) is 11.4 Å². The summed E-state index contributed by atoms with van der Waals surface area (Å²) in [6.07, 6.45) is 3.35. The van der Waals surface area contributed by atoms with Gasteiger partial charge in [0.05, 0.1) is 5.52 Å². The van der Waals surface area contributed by atoms with E-state index in [0.29, 0.717) is 21.8 Å². The number of rotatable bonds is 9. The van der Waals surface area contributed by atoms with E-state index in [1.807, 2.05) is 73.6 Å². The maximum atomic E-state index is 14.0. The number of halogens is 1. The van der Waals surface area contributed by atoms with Gasteiger partial charge in [0.15, 0.2) is 0 Å². The molecule has 0 spiro atoms. The highest BCUT2D eigenvalue weighted by atomic mass is 35.5. The number of para-hydroxylation sites is 1. The third-order valence-electron chi connectivity index (χ3n) is 6.50. The number of pyridine rings is 1. The van der Waals surface area contributed by atoms with Crippen LogP contribution in [0.15, 0.2) is 97.3 Å². The molecule has 1 N–H and O–H groups in total. The molecule has 10 heteroatoms. The number of amides is 2. The third kappa shape index (κ3) is 6.10. The van der Waals surface area contributed by atoms with Crippen molar-refractivity contribution in [2.24, 2.45) is 0 Å². The molecule has 202 valence electrons. The van der Waals surface area contributed by atoms with E-state index in [2.05, 4.69) is 20.6 Å². The number of aromatic nitrogens is 4. The highest BCUT2D eigenvalue weighted by Gasteiger charge is 2.32. The number of hydrogen-bond acceptors (Lipinski definition) is 6. The lowest BCUT2D eigenvalue weighted by molar-refractivity contribution is -0.140.